The lowest BCUT2D eigenvalue weighted by Gasteiger charge is -2.36. The first kappa shape index (κ1) is 14.5. The van der Waals surface area contributed by atoms with Gasteiger partial charge in [0.1, 0.15) is 4.88 Å². The van der Waals surface area contributed by atoms with Crippen LogP contribution in [-0.4, -0.2) is 36.9 Å². The Morgan fingerprint density at radius 2 is 2.16 bits per heavy atom. The van der Waals surface area contributed by atoms with Crippen LogP contribution in [0.3, 0.4) is 0 Å². The van der Waals surface area contributed by atoms with Crippen LogP contribution in [0.5, 0.6) is 0 Å². The number of hydrogen-bond donors (Lipinski definition) is 1. The third-order valence-corrected chi connectivity index (χ3v) is 6.18. The first-order valence-electron chi connectivity index (χ1n) is 6.04. The summed E-state index contributed by atoms with van der Waals surface area (Å²) in [5.74, 6) is -1.09. The SMILES string of the molecule is CC1(C)CCCN(S(=O)(=O)c2csc(C(=O)O)c2)C1. The molecule has 7 heteroatoms. The van der Waals surface area contributed by atoms with Gasteiger partial charge in [-0.1, -0.05) is 13.8 Å². The van der Waals surface area contributed by atoms with Crippen molar-refractivity contribution < 1.29 is 18.3 Å². The maximum absolute atomic E-state index is 12.5. The van der Waals surface area contributed by atoms with E-state index in [-0.39, 0.29) is 15.2 Å². The van der Waals surface area contributed by atoms with Gasteiger partial charge in [0, 0.05) is 18.5 Å². The summed E-state index contributed by atoms with van der Waals surface area (Å²) in [7, 11) is -3.57. The van der Waals surface area contributed by atoms with Gasteiger partial charge >= 0.3 is 5.97 Å². The highest BCUT2D eigenvalue weighted by Gasteiger charge is 2.34. The van der Waals surface area contributed by atoms with E-state index in [9.17, 15) is 13.2 Å². The van der Waals surface area contributed by atoms with E-state index in [2.05, 4.69) is 0 Å². The summed E-state index contributed by atoms with van der Waals surface area (Å²) in [5, 5.41) is 10.3. The van der Waals surface area contributed by atoms with Gasteiger partial charge in [-0.2, -0.15) is 4.31 Å². The van der Waals surface area contributed by atoms with Crippen LogP contribution in [0.2, 0.25) is 0 Å². The fraction of sp³-hybridized carbons (Fsp3) is 0.583. The van der Waals surface area contributed by atoms with Crippen LogP contribution < -0.4 is 0 Å². The highest BCUT2D eigenvalue weighted by Crippen LogP contribution is 2.32. The number of carboxylic acids is 1. The highest BCUT2D eigenvalue weighted by molar-refractivity contribution is 7.89. The molecule has 0 saturated carbocycles. The number of hydrogen-bond acceptors (Lipinski definition) is 4. The van der Waals surface area contributed by atoms with E-state index in [4.69, 9.17) is 5.11 Å². The lowest BCUT2D eigenvalue weighted by atomic mass is 9.85. The number of nitrogens with zero attached hydrogens (tertiary/aromatic N) is 1. The molecule has 5 nitrogen and oxygen atoms in total. The van der Waals surface area contributed by atoms with Crippen molar-refractivity contribution in [3.63, 3.8) is 0 Å². The molecule has 0 bridgehead atoms. The van der Waals surface area contributed by atoms with Crippen molar-refractivity contribution >= 4 is 27.3 Å². The fourth-order valence-corrected chi connectivity index (χ4v) is 5.06. The molecule has 0 amide bonds. The third-order valence-electron chi connectivity index (χ3n) is 3.29. The zero-order valence-electron chi connectivity index (χ0n) is 10.9. The Bertz CT molecular complexity index is 589. The molecule has 1 fully saturated rings. The van der Waals surface area contributed by atoms with Crippen molar-refractivity contribution in [2.24, 2.45) is 5.41 Å². The van der Waals surface area contributed by atoms with Gasteiger partial charge < -0.3 is 5.11 Å². The molecule has 0 atom stereocenters. The van der Waals surface area contributed by atoms with Crippen molar-refractivity contribution in [1.82, 2.24) is 4.31 Å². The molecule has 0 aliphatic carbocycles. The van der Waals surface area contributed by atoms with Crippen LogP contribution in [0.15, 0.2) is 16.3 Å². The number of aromatic carboxylic acids is 1. The molecular formula is C12H17NO4S2. The summed E-state index contributed by atoms with van der Waals surface area (Å²) in [4.78, 5) is 11.0. The minimum absolute atomic E-state index is 0.0308. The molecule has 1 N–H and O–H groups in total. The predicted octanol–water partition coefficient (Wildman–Crippen LogP) is 2.26. The van der Waals surface area contributed by atoms with Crippen LogP contribution in [-0.2, 0) is 10.0 Å². The van der Waals surface area contributed by atoms with E-state index in [1.54, 1.807) is 0 Å². The monoisotopic (exact) mass is 303 g/mol. The molecule has 1 aromatic heterocycles. The number of carboxylic acid groups (broad SMARTS) is 1. The Labute approximate surface area is 116 Å². The van der Waals surface area contributed by atoms with Crippen LogP contribution in [0, 0.1) is 5.41 Å². The Morgan fingerprint density at radius 3 is 2.68 bits per heavy atom. The molecule has 1 aliphatic rings. The summed E-state index contributed by atoms with van der Waals surface area (Å²) in [6.45, 7) is 5.08. The summed E-state index contributed by atoms with van der Waals surface area (Å²) < 4.78 is 26.4. The van der Waals surface area contributed by atoms with Gasteiger partial charge in [0.2, 0.25) is 10.0 Å². The molecule has 0 unspecified atom stereocenters. The van der Waals surface area contributed by atoms with Crippen LogP contribution in [0.25, 0.3) is 0 Å². The normalized spacial score (nSPS) is 20.3. The maximum Gasteiger partial charge on any atom is 0.345 e. The van der Waals surface area contributed by atoms with Crippen LogP contribution in [0.4, 0.5) is 0 Å². The molecule has 0 radical (unpaired) electrons. The van der Waals surface area contributed by atoms with Gasteiger partial charge in [-0.05, 0) is 24.3 Å². The van der Waals surface area contributed by atoms with E-state index in [0.717, 1.165) is 24.2 Å². The molecule has 0 spiro atoms. The van der Waals surface area contributed by atoms with Gasteiger partial charge in [-0.25, -0.2) is 13.2 Å². The largest absolute Gasteiger partial charge is 0.477 e. The van der Waals surface area contributed by atoms with Gasteiger partial charge in [0.05, 0.1) is 4.90 Å². The van der Waals surface area contributed by atoms with Gasteiger partial charge in [-0.3, -0.25) is 0 Å². The number of sulfonamides is 1. The first-order chi connectivity index (χ1) is 8.72. The number of piperidine rings is 1. The standard InChI is InChI=1S/C12H17NO4S2/c1-12(2)4-3-5-13(8-12)19(16,17)9-6-10(11(14)15)18-7-9/h6-7H,3-5,8H2,1-2H3,(H,14,15). The third kappa shape index (κ3) is 2.98. The molecule has 19 heavy (non-hydrogen) atoms. The Morgan fingerprint density at radius 1 is 1.47 bits per heavy atom. The fourth-order valence-electron chi connectivity index (χ4n) is 2.29. The summed E-state index contributed by atoms with van der Waals surface area (Å²) in [5.41, 5.74) is -0.0308. The predicted molar refractivity (Wildman–Crippen MR) is 73.1 cm³/mol. The average Bonchev–Trinajstić information content (AvgIpc) is 2.77. The second-order valence-electron chi connectivity index (χ2n) is 5.56. The molecule has 0 aromatic carbocycles. The van der Waals surface area contributed by atoms with Crippen LogP contribution in [0.1, 0.15) is 36.4 Å². The summed E-state index contributed by atoms with van der Waals surface area (Å²) in [6.07, 6.45) is 1.84. The Kier molecular flexibility index (Phi) is 3.72. The lowest BCUT2D eigenvalue weighted by Crippen LogP contribution is -2.43. The van der Waals surface area contributed by atoms with E-state index < -0.39 is 16.0 Å². The molecule has 106 valence electrons. The van der Waals surface area contributed by atoms with E-state index in [1.807, 2.05) is 13.8 Å². The van der Waals surface area contributed by atoms with Crippen molar-refractivity contribution in [1.29, 1.82) is 0 Å². The van der Waals surface area contributed by atoms with Crippen molar-refractivity contribution in [2.45, 2.75) is 31.6 Å². The average molecular weight is 303 g/mol. The molecule has 2 rings (SSSR count). The maximum atomic E-state index is 12.5. The first-order valence-corrected chi connectivity index (χ1v) is 8.36. The van der Waals surface area contributed by atoms with Crippen molar-refractivity contribution in [3.05, 3.63) is 16.3 Å². The number of rotatable bonds is 3. The van der Waals surface area contributed by atoms with E-state index in [1.165, 1.54) is 15.8 Å². The zero-order valence-corrected chi connectivity index (χ0v) is 12.6. The van der Waals surface area contributed by atoms with Gasteiger partial charge in [-0.15, -0.1) is 11.3 Å². The minimum Gasteiger partial charge on any atom is -0.477 e. The number of thiophene rings is 1. The lowest BCUT2D eigenvalue weighted by molar-refractivity contribution is 0.0702. The second-order valence-corrected chi connectivity index (χ2v) is 8.41. The van der Waals surface area contributed by atoms with Gasteiger partial charge in [0.25, 0.3) is 0 Å². The topological polar surface area (TPSA) is 74.7 Å². The van der Waals surface area contributed by atoms with Crippen LogP contribution >= 0.6 is 11.3 Å². The summed E-state index contributed by atoms with van der Waals surface area (Å²) >= 11 is 0.943. The van der Waals surface area contributed by atoms with Crippen molar-refractivity contribution in [2.75, 3.05) is 13.1 Å². The number of carbonyl (C=O) groups is 1. The quantitative estimate of drug-likeness (QED) is 0.929. The smallest absolute Gasteiger partial charge is 0.345 e. The molecule has 1 aromatic rings. The zero-order chi connectivity index (χ0) is 14.3. The minimum atomic E-state index is -3.57. The molecule has 2 heterocycles. The van der Waals surface area contributed by atoms with E-state index in [0.29, 0.717) is 13.1 Å². The molecule has 1 aliphatic heterocycles. The second kappa shape index (κ2) is 4.88. The van der Waals surface area contributed by atoms with Crippen molar-refractivity contribution in [3.8, 4) is 0 Å². The highest BCUT2D eigenvalue weighted by atomic mass is 32.2. The Hall–Kier alpha value is -0.920. The Balaban J connectivity index is 2.28. The molecular weight excluding hydrogens is 286 g/mol. The van der Waals surface area contributed by atoms with Gasteiger partial charge in [0.15, 0.2) is 0 Å². The summed E-state index contributed by atoms with van der Waals surface area (Å²) in [6, 6.07) is 1.24. The molecule has 1 saturated heterocycles. The van der Waals surface area contributed by atoms with E-state index >= 15 is 0 Å².